The van der Waals surface area contributed by atoms with Gasteiger partial charge in [0.1, 0.15) is 0 Å². The van der Waals surface area contributed by atoms with Crippen LogP contribution in [0, 0.1) is 10.1 Å². The number of ether oxygens (including phenoxy) is 1. The Morgan fingerprint density at radius 1 is 1.46 bits per heavy atom. The number of H-pyrrole nitrogens is 1. The van der Waals surface area contributed by atoms with Crippen molar-refractivity contribution in [2.75, 3.05) is 31.8 Å². The van der Waals surface area contributed by atoms with Crippen molar-refractivity contribution in [3.05, 3.63) is 40.1 Å². The van der Waals surface area contributed by atoms with Crippen LogP contribution in [-0.4, -0.2) is 66.9 Å². The minimum Gasteiger partial charge on any atom is -0.383 e. The number of fused-ring (bicyclic) bond motifs is 1. The van der Waals surface area contributed by atoms with Gasteiger partial charge >= 0.3 is 0 Å². The number of hydrogen-bond donors (Lipinski definition) is 1. The van der Waals surface area contributed by atoms with Gasteiger partial charge in [0.25, 0.3) is 11.6 Å². The Morgan fingerprint density at radius 3 is 2.85 bits per heavy atom. The molecule has 140 valence electrons. The Kier molecular flexibility index (Phi) is 4.97. The van der Waals surface area contributed by atoms with E-state index < -0.39 is 20.8 Å². The van der Waals surface area contributed by atoms with Crippen molar-refractivity contribution in [1.82, 2.24) is 9.88 Å². The van der Waals surface area contributed by atoms with Crippen molar-refractivity contribution in [2.24, 2.45) is 0 Å². The second kappa shape index (κ2) is 7.04. The van der Waals surface area contributed by atoms with Crippen molar-refractivity contribution < 1.29 is 22.9 Å². The van der Waals surface area contributed by atoms with E-state index in [1.54, 1.807) is 0 Å². The summed E-state index contributed by atoms with van der Waals surface area (Å²) in [5.74, 6) is -0.311. The normalized spacial score (nSPS) is 18.9. The lowest BCUT2D eigenvalue weighted by Crippen LogP contribution is -2.43. The molecule has 2 aromatic rings. The largest absolute Gasteiger partial charge is 0.383 e. The lowest BCUT2D eigenvalue weighted by Gasteiger charge is -2.28. The molecule has 3 rings (SSSR count). The molecular formula is C16H19N3O6S. The van der Waals surface area contributed by atoms with E-state index in [0.717, 1.165) is 0 Å². The summed E-state index contributed by atoms with van der Waals surface area (Å²) in [5, 5.41) is 11.5. The predicted molar refractivity (Wildman–Crippen MR) is 94.9 cm³/mol. The summed E-state index contributed by atoms with van der Waals surface area (Å²) in [7, 11) is -1.63. The Bertz CT molecular complexity index is 952. The molecule has 0 radical (unpaired) electrons. The van der Waals surface area contributed by atoms with Gasteiger partial charge in [-0.25, -0.2) is 8.42 Å². The molecule has 1 aromatic carbocycles. The van der Waals surface area contributed by atoms with Gasteiger partial charge in [0, 0.05) is 43.4 Å². The van der Waals surface area contributed by atoms with Crippen LogP contribution >= 0.6 is 0 Å². The summed E-state index contributed by atoms with van der Waals surface area (Å²) >= 11 is 0. The van der Waals surface area contributed by atoms with Crippen LogP contribution in [0.4, 0.5) is 5.69 Å². The Labute approximate surface area is 150 Å². The molecule has 9 nitrogen and oxygen atoms in total. The Balaban J connectivity index is 1.93. The highest BCUT2D eigenvalue weighted by Gasteiger charge is 2.35. The molecule has 0 spiro atoms. The molecule has 1 amide bonds. The topological polar surface area (TPSA) is 123 Å². The number of nitro benzene ring substituents is 1. The second-order valence-corrected chi connectivity index (χ2v) is 8.47. The Hall–Kier alpha value is -2.46. The van der Waals surface area contributed by atoms with Gasteiger partial charge in [0.05, 0.1) is 34.1 Å². The molecular weight excluding hydrogens is 362 g/mol. The van der Waals surface area contributed by atoms with Crippen LogP contribution in [0.1, 0.15) is 16.8 Å². The molecule has 1 aliphatic rings. The lowest BCUT2D eigenvalue weighted by molar-refractivity contribution is -0.384. The fourth-order valence-corrected chi connectivity index (χ4v) is 4.95. The zero-order chi connectivity index (χ0) is 18.9. The fourth-order valence-electron chi connectivity index (χ4n) is 3.22. The summed E-state index contributed by atoms with van der Waals surface area (Å²) in [6.07, 6.45) is 1.89. The maximum absolute atomic E-state index is 13.1. The smallest absolute Gasteiger partial charge is 0.271 e. The number of nitrogens with one attached hydrogen (secondary N) is 1. The number of non-ortho nitro benzene ring substituents is 1. The first-order chi connectivity index (χ1) is 12.3. The molecule has 26 heavy (non-hydrogen) atoms. The fraction of sp³-hybridized carbons (Fsp3) is 0.438. The zero-order valence-corrected chi connectivity index (χ0v) is 15.0. The molecule has 0 bridgehead atoms. The standard InChI is InChI=1S/C16H19N3O6S/c1-25-6-5-18(12-4-7-26(23,24)10-12)16(20)14-9-17-15-8-11(19(21)22)2-3-13(14)15/h2-3,8-9,12,17H,4-7,10H2,1H3. The first-order valence-electron chi connectivity index (χ1n) is 8.08. The average molecular weight is 381 g/mol. The molecule has 1 saturated heterocycles. The highest BCUT2D eigenvalue weighted by molar-refractivity contribution is 7.91. The number of nitrogens with zero attached hydrogens (tertiary/aromatic N) is 2. The van der Waals surface area contributed by atoms with E-state index in [4.69, 9.17) is 4.74 Å². The molecule has 0 aliphatic carbocycles. The zero-order valence-electron chi connectivity index (χ0n) is 14.2. The van der Waals surface area contributed by atoms with Gasteiger partial charge in [-0.1, -0.05) is 0 Å². The predicted octanol–water partition coefficient (Wildman–Crippen LogP) is 1.35. The van der Waals surface area contributed by atoms with Gasteiger partial charge in [0.15, 0.2) is 9.84 Å². The number of benzene rings is 1. The van der Waals surface area contributed by atoms with Gasteiger partial charge in [-0.15, -0.1) is 0 Å². The first kappa shape index (κ1) is 18.3. The molecule has 1 atom stereocenters. The van der Waals surface area contributed by atoms with E-state index in [1.165, 1.54) is 36.4 Å². The summed E-state index contributed by atoms with van der Waals surface area (Å²) in [6, 6.07) is 3.83. The molecule has 1 aromatic heterocycles. The minimum atomic E-state index is -3.14. The minimum absolute atomic E-state index is 0.0592. The molecule has 1 fully saturated rings. The van der Waals surface area contributed by atoms with E-state index >= 15 is 0 Å². The van der Waals surface area contributed by atoms with Crippen LogP contribution in [0.2, 0.25) is 0 Å². The molecule has 0 saturated carbocycles. The number of aromatic nitrogens is 1. The third-order valence-corrected chi connectivity index (χ3v) is 6.30. The van der Waals surface area contributed by atoms with Crippen LogP contribution in [0.25, 0.3) is 10.9 Å². The number of amides is 1. The highest BCUT2D eigenvalue weighted by Crippen LogP contribution is 2.26. The van der Waals surface area contributed by atoms with Gasteiger partial charge in [-0.3, -0.25) is 14.9 Å². The number of carbonyl (C=O) groups excluding carboxylic acids is 1. The van der Waals surface area contributed by atoms with Crippen molar-refractivity contribution >= 4 is 32.3 Å². The SMILES string of the molecule is COCCN(C(=O)c1c[nH]c2cc([N+](=O)[O-])ccc12)C1CCS(=O)(=O)C1. The number of hydrogen-bond acceptors (Lipinski definition) is 6. The van der Waals surface area contributed by atoms with E-state index in [9.17, 15) is 23.3 Å². The summed E-state index contributed by atoms with van der Waals surface area (Å²) in [5.41, 5.74) is 0.764. The van der Waals surface area contributed by atoms with Crippen molar-refractivity contribution in [1.29, 1.82) is 0 Å². The third kappa shape index (κ3) is 3.56. The number of rotatable bonds is 6. The quantitative estimate of drug-likeness (QED) is 0.595. The van der Waals surface area contributed by atoms with Crippen LogP contribution in [0.5, 0.6) is 0 Å². The number of nitro groups is 1. The maximum atomic E-state index is 13.1. The van der Waals surface area contributed by atoms with Crippen LogP contribution < -0.4 is 0 Å². The average Bonchev–Trinajstić information content (AvgIpc) is 3.17. The number of aromatic amines is 1. The van der Waals surface area contributed by atoms with E-state index in [0.29, 0.717) is 22.9 Å². The van der Waals surface area contributed by atoms with Crippen molar-refractivity contribution in [3.63, 3.8) is 0 Å². The maximum Gasteiger partial charge on any atom is 0.271 e. The molecule has 1 unspecified atom stereocenters. The van der Waals surface area contributed by atoms with E-state index in [-0.39, 0.29) is 36.3 Å². The summed E-state index contributed by atoms with van der Waals surface area (Å²) in [6.45, 7) is 0.561. The Morgan fingerprint density at radius 2 is 2.23 bits per heavy atom. The van der Waals surface area contributed by atoms with Crippen molar-refractivity contribution in [2.45, 2.75) is 12.5 Å². The van der Waals surface area contributed by atoms with Crippen LogP contribution in [-0.2, 0) is 14.6 Å². The molecule has 2 heterocycles. The van der Waals surface area contributed by atoms with E-state index in [1.807, 2.05) is 0 Å². The van der Waals surface area contributed by atoms with E-state index in [2.05, 4.69) is 4.98 Å². The van der Waals surface area contributed by atoms with Gasteiger partial charge < -0.3 is 14.6 Å². The van der Waals surface area contributed by atoms with Crippen LogP contribution in [0.15, 0.2) is 24.4 Å². The molecule has 10 heteroatoms. The molecule has 1 N–H and O–H groups in total. The molecule has 1 aliphatic heterocycles. The number of methoxy groups -OCH3 is 1. The van der Waals surface area contributed by atoms with Gasteiger partial charge in [-0.05, 0) is 12.5 Å². The third-order valence-electron chi connectivity index (χ3n) is 4.55. The van der Waals surface area contributed by atoms with Crippen molar-refractivity contribution in [3.8, 4) is 0 Å². The van der Waals surface area contributed by atoms with Gasteiger partial charge in [-0.2, -0.15) is 0 Å². The number of carbonyl (C=O) groups is 1. The summed E-state index contributed by atoms with van der Waals surface area (Å²) in [4.78, 5) is 27.9. The summed E-state index contributed by atoms with van der Waals surface area (Å²) < 4.78 is 28.7. The highest BCUT2D eigenvalue weighted by atomic mass is 32.2. The van der Waals surface area contributed by atoms with Gasteiger partial charge in [0.2, 0.25) is 0 Å². The number of sulfone groups is 1. The van der Waals surface area contributed by atoms with Crippen LogP contribution in [0.3, 0.4) is 0 Å². The monoisotopic (exact) mass is 381 g/mol. The first-order valence-corrected chi connectivity index (χ1v) is 9.90. The lowest BCUT2D eigenvalue weighted by atomic mass is 10.1. The second-order valence-electron chi connectivity index (χ2n) is 6.24.